The van der Waals surface area contributed by atoms with E-state index in [1.165, 1.54) is 10.4 Å². The first-order valence-electron chi connectivity index (χ1n) is 8.75. The molecule has 1 atom stereocenters. The second-order valence-corrected chi connectivity index (χ2v) is 8.11. The number of rotatable bonds is 3. The third-order valence-electron chi connectivity index (χ3n) is 5.95. The van der Waals surface area contributed by atoms with Gasteiger partial charge < -0.3 is 4.90 Å². The Balaban J connectivity index is 1.53. The van der Waals surface area contributed by atoms with Crippen molar-refractivity contribution in [2.45, 2.75) is 37.3 Å². The first-order valence-corrected chi connectivity index (χ1v) is 9.63. The van der Waals surface area contributed by atoms with Gasteiger partial charge in [0.15, 0.2) is 0 Å². The minimum absolute atomic E-state index is 0.00435. The number of amides is 1. The van der Waals surface area contributed by atoms with Crippen LogP contribution in [0.25, 0.3) is 0 Å². The molecule has 2 fully saturated rings. The molecule has 0 bridgehead atoms. The lowest BCUT2D eigenvalue weighted by Gasteiger charge is -2.46. The van der Waals surface area contributed by atoms with E-state index in [0.29, 0.717) is 18.2 Å². The van der Waals surface area contributed by atoms with Gasteiger partial charge in [-0.05, 0) is 29.9 Å². The maximum absolute atomic E-state index is 12.5. The van der Waals surface area contributed by atoms with Gasteiger partial charge in [-0.1, -0.05) is 36.4 Å². The molecule has 126 valence electrons. The van der Waals surface area contributed by atoms with E-state index in [2.05, 4.69) is 57.6 Å². The molecule has 0 aliphatic carbocycles. The maximum atomic E-state index is 12.5. The normalized spacial score (nSPS) is 24.0. The van der Waals surface area contributed by atoms with Gasteiger partial charge in [0.05, 0.1) is 5.54 Å². The van der Waals surface area contributed by atoms with Gasteiger partial charge in [-0.2, -0.15) is 0 Å². The van der Waals surface area contributed by atoms with Crippen molar-refractivity contribution in [2.24, 2.45) is 0 Å². The summed E-state index contributed by atoms with van der Waals surface area (Å²) in [5.74, 6) is 0.635. The van der Waals surface area contributed by atoms with Crippen molar-refractivity contribution in [3.8, 4) is 0 Å². The van der Waals surface area contributed by atoms with Crippen molar-refractivity contribution in [3.05, 3.63) is 58.3 Å². The number of hydrogen-bond donors (Lipinski definition) is 0. The second-order valence-electron chi connectivity index (χ2n) is 7.08. The third kappa shape index (κ3) is 2.68. The fraction of sp³-hybridized carbons (Fsp3) is 0.450. The number of carbonyl (C=O) groups excluding carboxylic acids is 1. The summed E-state index contributed by atoms with van der Waals surface area (Å²) < 4.78 is 0. The summed E-state index contributed by atoms with van der Waals surface area (Å²) in [5.41, 5.74) is 1.33. The molecule has 4 heteroatoms. The van der Waals surface area contributed by atoms with Crippen LogP contribution in [0.1, 0.15) is 35.6 Å². The molecule has 2 aromatic rings. The van der Waals surface area contributed by atoms with Gasteiger partial charge in [-0.15, -0.1) is 11.3 Å². The Morgan fingerprint density at radius 2 is 1.88 bits per heavy atom. The van der Waals surface area contributed by atoms with E-state index in [1.807, 2.05) is 18.4 Å². The Kier molecular flexibility index (Phi) is 4.19. The fourth-order valence-corrected chi connectivity index (χ4v) is 5.25. The highest BCUT2D eigenvalue weighted by atomic mass is 32.1. The quantitative estimate of drug-likeness (QED) is 0.850. The number of thiophene rings is 1. The van der Waals surface area contributed by atoms with Crippen LogP contribution in [0, 0.1) is 0 Å². The smallest absolute Gasteiger partial charge is 0.223 e. The summed E-state index contributed by atoms with van der Waals surface area (Å²) in [6.07, 6.45) is 2.80. The molecule has 2 aliphatic rings. The SMILES string of the molecule is CN1C(=O)CC(c2ccccc2)C12CCN(Cc1cccs1)CC2. The minimum atomic E-state index is 0.00435. The lowest BCUT2D eigenvalue weighted by molar-refractivity contribution is -0.130. The molecule has 1 aromatic heterocycles. The predicted octanol–water partition coefficient (Wildman–Crippen LogP) is 3.73. The highest BCUT2D eigenvalue weighted by Gasteiger charge is 2.52. The van der Waals surface area contributed by atoms with E-state index < -0.39 is 0 Å². The van der Waals surface area contributed by atoms with Crippen molar-refractivity contribution in [1.29, 1.82) is 0 Å². The van der Waals surface area contributed by atoms with Gasteiger partial charge in [0.2, 0.25) is 5.91 Å². The van der Waals surface area contributed by atoms with Gasteiger partial charge in [0.1, 0.15) is 0 Å². The molecule has 4 rings (SSSR count). The summed E-state index contributed by atoms with van der Waals surface area (Å²) in [6, 6.07) is 15.0. The molecule has 0 saturated carbocycles. The highest BCUT2D eigenvalue weighted by Crippen LogP contribution is 2.48. The van der Waals surface area contributed by atoms with Gasteiger partial charge in [-0.25, -0.2) is 0 Å². The molecule has 1 unspecified atom stereocenters. The largest absolute Gasteiger partial charge is 0.339 e. The first-order chi connectivity index (χ1) is 11.7. The molecule has 0 N–H and O–H groups in total. The maximum Gasteiger partial charge on any atom is 0.223 e. The van der Waals surface area contributed by atoms with Crippen molar-refractivity contribution in [2.75, 3.05) is 20.1 Å². The Labute approximate surface area is 147 Å². The van der Waals surface area contributed by atoms with E-state index >= 15 is 0 Å². The van der Waals surface area contributed by atoms with E-state index in [9.17, 15) is 4.79 Å². The van der Waals surface area contributed by atoms with Crippen molar-refractivity contribution in [1.82, 2.24) is 9.80 Å². The second kappa shape index (κ2) is 6.34. The van der Waals surface area contributed by atoms with Gasteiger partial charge in [0.25, 0.3) is 0 Å². The zero-order valence-corrected chi connectivity index (χ0v) is 15.0. The molecule has 2 aliphatic heterocycles. The number of benzene rings is 1. The third-order valence-corrected chi connectivity index (χ3v) is 6.81. The first kappa shape index (κ1) is 15.9. The summed E-state index contributed by atoms with van der Waals surface area (Å²) in [6.45, 7) is 3.18. The van der Waals surface area contributed by atoms with Gasteiger partial charge in [-0.3, -0.25) is 9.69 Å². The summed E-state index contributed by atoms with van der Waals surface area (Å²) >= 11 is 1.83. The lowest BCUT2D eigenvalue weighted by atomic mass is 9.74. The van der Waals surface area contributed by atoms with Gasteiger partial charge >= 0.3 is 0 Å². The van der Waals surface area contributed by atoms with Crippen molar-refractivity contribution >= 4 is 17.2 Å². The zero-order valence-electron chi connectivity index (χ0n) is 14.1. The Morgan fingerprint density at radius 3 is 2.54 bits per heavy atom. The molecular weight excluding hydrogens is 316 g/mol. The van der Waals surface area contributed by atoms with Crippen LogP contribution in [0.3, 0.4) is 0 Å². The van der Waals surface area contributed by atoms with E-state index in [-0.39, 0.29) is 5.54 Å². The van der Waals surface area contributed by atoms with Crippen molar-refractivity contribution in [3.63, 3.8) is 0 Å². The number of likely N-dealkylation sites (tertiary alicyclic amines) is 2. The van der Waals surface area contributed by atoms with Crippen LogP contribution < -0.4 is 0 Å². The average Bonchev–Trinajstić information content (AvgIpc) is 3.21. The van der Waals surface area contributed by atoms with Crippen LogP contribution in [0.15, 0.2) is 47.8 Å². The Hall–Kier alpha value is -1.65. The molecule has 3 heterocycles. The van der Waals surface area contributed by atoms with Crippen molar-refractivity contribution < 1.29 is 4.79 Å². The van der Waals surface area contributed by atoms with Crippen LogP contribution in [-0.4, -0.2) is 41.4 Å². The summed E-state index contributed by atoms with van der Waals surface area (Å²) in [7, 11) is 2.01. The van der Waals surface area contributed by atoms with E-state index in [4.69, 9.17) is 0 Å². The Morgan fingerprint density at radius 1 is 1.12 bits per heavy atom. The highest BCUT2D eigenvalue weighted by molar-refractivity contribution is 7.09. The van der Waals surface area contributed by atoms with Crippen LogP contribution in [0.4, 0.5) is 0 Å². The number of piperidine rings is 1. The molecular formula is C20H24N2OS. The van der Waals surface area contributed by atoms with Crippen LogP contribution in [0.5, 0.6) is 0 Å². The zero-order chi connectivity index (χ0) is 16.6. The topological polar surface area (TPSA) is 23.6 Å². The molecule has 2 saturated heterocycles. The monoisotopic (exact) mass is 340 g/mol. The van der Waals surface area contributed by atoms with Crippen LogP contribution in [-0.2, 0) is 11.3 Å². The van der Waals surface area contributed by atoms with E-state index in [0.717, 1.165) is 32.5 Å². The number of hydrogen-bond acceptors (Lipinski definition) is 3. The molecule has 0 radical (unpaired) electrons. The van der Waals surface area contributed by atoms with Gasteiger partial charge in [0, 0.05) is 43.9 Å². The summed E-state index contributed by atoms with van der Waals surface area (Å²) in [5, 5.41) is 2.15. The standard InChI is InChI=1S/C20H24N2OS/c1-21-19(23)14-18(16-6-3-2-4-7-16)20(21)9-11-22(12-10-20)15-17-8-5-13-24-17/h2-8,13,18H,9-12,14-15H2,1H3. The molecule has 1 amide bonds. The number of carbonyl (C=O) groups is 1. The van der Waals surface area contributed by atoms with Crippen LogP contribution >= 0.6 is 11.3 Å². The Bertz CT molecular complexity index is 690. The summed E-state index contributed by atoms with van der Waals surface area (Å²) in [4.78, 5) is 18.5. The fourth-order valence-electron chi connectivity index (χ4n) is 4.50. The lowest BCUT2D eigenvalue weighted by Crippen LogP contribution is -2.53. The number of likely N-dealkylation sites (N-methyl/N-ethyl adjacent to an activating group) is 1. The number of nitrogens with zero attached hydrogens (tertiary/aromatic N) is 2. The van der Waals surface area contributed by atoms with Crippen LogP contribution in [0.2, 0.25) is 0 Å². The van der Waals surface area contributed by atoms with E-state index in [1.54, 1.807) is 0 Å². The molecule has 1 aromatic carbocycles. The molecule has 1 spiro atoms. The predicted molar refractivity (Wildman–Crippen MR) is 98.1 cm³/mol. The molecule has 3 nitrogen and oxygen atoms in total. The minimum Gasteiger partial charge on any atom is -0.339 e. The molecule has 24 heavy (non-hydrogen) atoms. The average molecular weight is 340 g/mol.